The molecule has 4 rings (SSSR count). The molecule has 4 aromatic rings. The van der Waals surface area contributed by atoms with Gasteiger partial charge in [-0.3, -0.25) is 14.3 Å². The van der Waals surface area contributed by atoms with Gasteiger partial charge < -0.3 is 0 Å². The van der Waals surface area contributed by atoms with E-state index in [4.69, 9.17) is 11.6 Å². The van der Waals surface area contributed by atoms with E-state index in [1.165, 1.54) is 0 Å². The summed E-state index contributed by atoms with van der Waals surface area (Å²) in [7, 11) is 0. The number of fused-ring (bicyclic) bond motifs is 1. The van der Waals surface area contributed by atoms with Crippen molar-refractivity contribution in [2.24, 2.45) is 0 Å². The minimum Gasteiger partial charge on any atom is -0.292 e. The Morgan fingerprint density at radius 3 is 2.57 bits per heavy atom. The zero-order valence-corrected chi connectivity index (χ0v) is 16.5. The fourth-order valence-electron chi connectivity index (χ4n) is 3.23. The van der Waals surface area contributed by atoms with Crippen molar-refractivity contribution in [3.05, 3.63) is 69.8 Å². The standard InChI is InChI=1S/C21H18ClN5O/c1-4-27-20-15(10-24-13(3)26-20)7-17(21(27)28)16-6-5-14(8-18(16)22)19-11-23-9-12(2)25-19/h5-11H,4H2,1-3H3. The summed E-state index contributed by atoms with van der Waals surface area (Å²) >= 11 is 6.57. The van der Waals surface area contributed by atoms with E-state index >= 15 is 0 Å². The van der Waals surface area contributed by atoms with Crippen LogP contribution in [-0.2, 0) is 6.54 Å². The first kappa shape index (κ1) is 18.3. The number of rotatable bonds is 3. The first-order chi connectivity index (χ1) is 13.5. The van der Waals surface area contributed by atoms with Gasteiger partial charge in [0.05, 0.1) is 17.6 Å². The molecule has 0 saturated heterocycles. The molecular weight excluding hydrogens is 374 g/mol. The summed E-state index contributed by atoms with van der Waals surface area (Å²) in [5, 5.41) is 1.28. The van der Waals surface area contributed by atoms with Crippen LogP contribution in [0, 0.1) is 13.8 Å². The van der Waals surface area contributed by atoms with Gasteiger partial charge >= 0.3 is 0 Å². The molecule has 0 amide bonds. The van der Waals surface area contributed by atoms with Crippen LogP contribution >= 0.6 is 11.6 Å². The van der Waals surface area contributed by atoms with Crippen molar-refractivity contribution in [3.8, 4) is 22.4 Å². The highest BCUT2D eigenvalue weighted by molar-refractivity contribution is 6.33. The molecule has 0 aliphatic rings. The predicted octanol–water partition coefficient (Wildman–Crippen LogP) is 4.21. The van der Waals surface area contributed by atoms with Crippen molar-refractivity contribution in [2.45, 2.75) is 27.3 Å². The second-order valence-electron chi connectivity index (χ2n) is 6.54. The summed E-state index contributed by atoms with van der Waals surface area (Å²) in [5.41, 5.74) is 4.11. The summed E-state index contributed by atoms with van der Waals surface area (Å²) in [5.74, 6) is 0.628. The maximum atomic E-state index is 13.1. The highest BCUT2D eigenvalue weighted by Crippen LogP contribution is 2.31. The van der Waals surface area contributed by atoms with Crippen molar-refractivity contribution in [3.63, 3.8) is 0 Å². The van der Waals surface area contributed by atoms with Gasteiger partial charge in [0.2, 0.25) is 0 Å². The molecule has 0 atom stereocenters. The zero-order valence-electron chi connectivity index (χ0n) is 15.8. The number of aryl methyl sites for hydroxylation is 3. The van der Waals surface area contributed by atoms with Crippen LogP contribution in [0.1, 0.15) is 18.4 Å². The van der Waals surface area contributed by atoms with E-state index in [0.717, 1.165) is 22.3 Å². The summed E-state index contributed by atoms with van der Waals surface area (Å²) in [4.78, 5) is 30.4. The van der Waals surface area contributed by atoms with Crippen molar-refractivity contribution in [2.75, 3.05) is 0 Å². The molecule has 0 radical (unpaired) electrons. The molecule has 3 aromatic heterocycles. The molecule has 0 aliphatic carbocycles. The van der Waals surface area contributed by atoms with E-state index in [1.54, 1.807) is 29.2 Å². The Bertz CT molecular complexity index is 1270. The Hall–Kier alpha value is -3.12. The summed E-state index contributed by atoms with van der Waals surface area (Å²) in [6.45, 7) is 6.12. The highest BCUT2D eigenvalue weighted by atomic mass is 35.5. The molecule has 3 heterocycles. The van der Waals surface area contributed by atoms with Gasteiger partial charge in [0.15, 0.2) is 0 Å². The van der Waals surface area contributed by atoms with Crippen LogP contribution in [0.4, 0.5) is 0 Å². The second-order valence-corrected chi connectivity index (χ2v) is 6.95. The smallest absolute Gasteiger partial charge is 0.260 e. The molecule has 28 heavy (non-hydrogen) atoms. The molecule has 6 nitrogen and oxygen atoms in total. The maximum absolute atomic E-state index is 13.1. The van der Waals surface area contributed by atoms with E-state index in [1.807, 2.05) is 39.0 Å². The number of hydrogen-bond donors (Lipinski definition) is 0. The Morgan fingerprint density at radius 2 is 1.86 bits per heavy atom. The molecule has 0 spiro atoms. The van der Waals surface area contributed by atoms with Gasteiger partial charge in [-0.1, -0.05) is 23.7 Å². The van der Waals surface area contributed by atoms with E-state index in [2.05, 4.69) is 19.9 Å². The maximum Gasteiger partial charge on any atom is 0.260 e. The average molecular weight is 392 g/mol. The number of halogens is 1. The van der Waals surface area contributed by atoms with Crippen LogP contribution in [0.5, 0.6) is 0 Å². The van der Waals surface area contributed by atoms with E-state index in [-0.39, 0.29) is 5.56 Å². The monoisotopic (exact) mass is 391 g/mol. The molecule has 0 fully saturated rings. The number of nitrogens with zero attached hydrogens (tertiary/aromatic N) is 5. The molecule has 1 aromatic carbocycles. The third-order valence-electron chi connectivity index (χ3n) is 4.57. The van der Waals surface area contributed by atoms with E-state index in [9.17, 15) is 4.79 Å². The van der Waals surface area contributed by atoms with Crippen molar-refractivity contribution >= 4 is 22.6 Å². The van der Waals surface area contributed by atoms with Crippen LogP contribution in [0.15, 0.2) is 47.7 Å². The van der Waals surface area contributed by atoms with Gasteiger partial charge in [-0.05, 0) is 32.9 Å². The number of benzene rings is 1. The van der Waals surface area contributed by atoms with Gasteiger partial charge in [-0.2, -0.15) is 0 Å². The van der Waals surface area contributed by atoms with Gasteiger partial charge in [0, 0.05) is 46.0 Å². The third kappa shape index (κ3) is 3.16. The van der Waals surface area contributed by atoms with Crippen molar-refractivity contribution in [1.29, 1.82) is 0 Å². The fourth-order valence-corrected chi connectivity index (χ4v) is 3.51. The number of aromatic nitrogens is 5. The minimum absolute atomic E-state index is 0.127. The predicted molar refractivity (Wildman–Crippen MR) is 110 cm³/mol. The molecule has 0 unspecified atom stereocenters. The van der Waals surface area contributed by atoms with E-state index < -0.39 is 0 Å². The normalized spacial score (nSPS) is 11.1. The van der Waals surface area contributed by atoms with Gasteiger partial charge in [-0.25, -0.2) is 15.0 Å². The van der Waals surface area contributed by atoms with Crippen molar-refractivity contribution < 1.29 is 0 Å². The molecule has 0 bridgehead atoms. The Kier molecular flexibility index (Phi) is 4.65. The number of pyridine rings is 1. The lowest BCUT2D eigenvalue weighted by molar-refractivity contribution is 0.748. The topological polar surface area (TPSA) is 73.6 Å². The van der Waals surface area contributed by atoms with Crippen LogP contribution in [-0.4, -0.2) is 24.5 Å². The SMILES string of the molecule is CCn1c(=O)c(-c2ccc(-c3cncc(C)n3)cc2Cl)cc2cnc(C)nc21. The number of hydrogen-bond acceptors (Lipinski definition) is 5. The highest BCUT2D eigenvalue weighted by Gasteiger charge is 2.15. The first-order valence-corrected chi connectivity index (χ1v) is 9.32. The van der Waals surface area contributed by atoms with Crippen LogP contribution < -0.4 is 5.56 Å². The van der Waals surface area contributed by atoms with Gasteiger partial charge in [0.1, 0.15) is 11.5 Å². The Balaban J connectivity index is 1.90. The molecule has 0 N–H and O–H groups in total. The largest absolute Gasteiger partial charge is 0.292 e. The van der Waals surface area contributed by atoms with Gasteiger partial charge in [-0.15, -0.1) is 0 Å². The fraction of sp³-hybridized carbons (Fsp3) is 0.190. The molecular formula is C21H18ClN5O. The molecule has 7 heteroatoms. The average Bonchev–Trinajstić information content (AvgIpc) is 2.68. The van der Waals surface area contributed by atoms with Crippen LogP contribution in [0.2, 0.25) is 5.02 Å². The quantitative estimate of drug-likeness (QED) is 0.523. The summed E-state index contributed by atoms with van der Waals surface area (Å²) in [6.07, 6.45) is 5.13. The first-order valence-electron chi connectivity index (χ1n) is 8.94. The second kappa shape index (κ2) is 7.13. The zero-order chi connectivity index (χ0) is 19.8. The Labute approximate surface area is 166 Å². The van der Waals surface area contributed by atoms with Crippen molar-refractivity contribution in [1.82, 2.24) is 24.5 Å². The van der Waals surface area contributed by atoms with Crippen LogP contribution in [0.25, 0.3) is 33.4 Å². The lowest BCUT2D eigenvalue weighted by Crippen LogP contribution is -2.22. The molecule has 140 valence electrons. The van der Waals surface area contributed by atoms with E-state index in [0.29, 0.717) is 34.2 Å². The summed E-state index contributed by atoms with van der Waals surface area (Å²) < 4.78 is 1.65. The van der Waals surface area contributed by atoms with Gasteiger partial charge in [0.25, 0.3) is 5.56 Å². The lowest BCUT2D eigenvalue weighted by Gasteiger charge is -2.12. The lowest BCUT2D eigenvalue weighted by atomic mass is 10.0. The summed E-state index contributed by atoms with van der Waals surface area (Å²) in [6, 6.07) is 7.36. The minimum atomic E-state index is -0.127. The molecule has 0 aliphatic heterocycles. The van der Waals surface area contributed by atoms with Crippen LogP contribution in [0.3, 0.4) is 0 Å². The molecule has 0 saturated carbocycles. The third-order valence-corrected chi connectivity index (χ3v) is 4.89. The Morgan fingerprint density at radius 1 is 1.04 bits per heavy atom.